The van der Waals surface area contributed by atoms with E-state index in [4.69, 9.17) is 15.5 Å². The summed E-state index contributed by atoms with van der Waals surface area (Å²) in [5.74, 6) is 2.02. The minimum absolute atomic E-state index is 0.101. The first-order valence-corrected chi connectivity index (χ1v) is 15.4. The molecule has 1 aliphatic carbocycles. The summed E-state index contributed by atoms with van der Waals surface area (Å²) in [6, 6.07) is 7.23. The van der Waals surface area contributed by atoms with Crippen LogP contribution in [-0.4, -0.2) is 76.6 Å². The third kappa shape index (κ3) is 5.57. The van der Waals surface area contributed by atoms with Crippen LogP contribution in [0.4, 0.5) is 5.82 Å². The van der Waals surface area contributed by atoms with Gasteiger partial charge in [-0.05, 0) is 62.1 Å². The van der Waals surface area contributed by atoms with Crippen molar-refractivity contribution in [3.8, 4) is 0 Å². The van der Waals surface area contributed by atoms with Crippen molar-refractivity contribution in [1.82, 2.24) is 29.4 Å². The maximum atomic E-state index is 11.1. The van der Waals surface area contributed by atoms with Gasteiger partial charge in [0.25, 0.3) is 0 Å². The minimum atomic E-state index is -1.11. The Labute approximate surface area is 253 Å². The van der Waals surface area contributed by atoms with Crippen molar-refractivity contribution in [2.75, 3.05) is 12.3 Å². The van der Waals surface area contributed by atoms with Crippen molar-refractivity contribution in [3.05, 3.63) is 54.3 Å². The van der Waals surface area contributed by atoms with Crippen LogP contribution in [0, 0.1) is 5.92 Å². The molecule has 6 rings (SSSR count). The molecule has 4 aromatic rings. The molecule has 10 nitrogen and oxygen atoms in total. The number of fused-ring (bicyclic) bond motifs is 2. The summed E-state index contributed by atoms with van der Waals surface area (Å²) in [4.78, 5) is 19.3. The average Bonchev–Trinajstić information content (AvgIpc) is 3.60. The highest BCUT2D eigenvalue weighted by Gasteiger charge is 2.46. The van der Waals surface area contributed by atoms with Crippen LogP contribution >= 0.6 is 0 Å². The zero-order valence-electron chi connectivity index (χ0n) is 25.9. The monoisotopic (exact) mass is 587 g/mol. The molecule has 0 amide bonds. The lowest BCUT2D eigenvalue weighted by atomic mass is 9.76. The van der Waals surface area contributed by atoms with Crippen LogP contribution in [0.5, 0.6) is 0 Å². The van der Waals surface area contributed by atoms with E-state index < -0.39 is 24.5 Å². The van der Waals surface area contributed by atoms with Crippen molar-refractivity contribution in [3.63, 3.8) is 0 Å². The minimum Gasteiger partial charge on any atom is -0.387 e. The Morgan fingerprint density at radius 1 is 1.21 bits per heavy atom. The number of imidazole rings is 1. The number of H-pyrrole nitrogens is 1. The fourth-order valence-electron chi connectivity index (χ4n) is 6.78. The van der Waals surface area contributed by atoms with E-state index in [1.807, 2.05) is 0 Å². The zero-order chi connectivity index (χ0) is 30.6. The highest BCUT2D eigenvalue weighted by atomic mass is 16.6. The molecule has 0 unspecified atom stereocenters. The van der Waals surface area contributed by atoms with E-state index >= 15 is 0 Å². The summed E-state index contributed by atoms with van der Waals surface area (Å²) >= 11 is 0. The fraction of sp³-hybridized carbons (Fsp3) is 0.545. The quantitative estimate of drug-likeness (QED) is 0.223. The van der Waals surface area contributed by atoms with Crippen molar-refractivity contribution in [2.24, 2.45) is 5.92 Å². The number of aliphatic hydroxyl groups is 2. The van der Waals surface area contributed by atoms with Crippen LogP contribution < -0.4 is 5.73 Å². The van der Waals surface area contributed by atoms with E-state index in [0.29, 0.717) is 35.4 Å². The first-order chi connectivity index (χ1) is 20.4. The normalized spacial score (nSPS) is 26.2. The third-order valence-corrected chi connectivity index (χ3v) is 9.42. The van der Waals surface area contributed by atoms with Gasteiger partial charge in [-0.1, -0.05) is 39.5 Å². The predicted molar refractivity (Wildman–Crippen MR) is 169 cm³/mol. The van der Waals surface area contributed by atoms with Gasteiger partial charge in [0.2, 0.25) is 0 Å². The van der Waals surface area contributed by atoms with E-state index in [9.17, 15) is 10.2 Å². The molecular weight excluding hydrogens is 542 g/mol. The van der Waals surface area contributed by atoms with E-state index in [1.54, 1.807) is 16.8 Å². The molecule has 1 saturated heterocycles. The van der Waals surface area contributed by atoms with Gasteiger partial charge in [-0.3, -0.25) is 4.90 Å². The number of hydrogen-bond donors (Lipinski definition) is 4. The molecule has 1 aromatic carbocycles. The maximum Gasteiger partial charge on any atom is 0.164 e. The Bertz CT molecular complexity index is 1610. The van der Waals surface area contributed by atoms with Gasteiger partial charge in [0.15, 0.2) is 6.23 Å². The van der Waals surface area contributed by atoms with E-state index in [1.165, 1.54) is 11.9 Å². The summed E-state index contributed by atoms with van der Waals surface area (Å²) in [5.41, 5.74) is 10.9. The van der Waals surface area contributed by atoms with Gasteiger partial charge in [0.1, 0.15) is 41.9 Å². The molecule has 230 valence electrons. The molecule has 1 saturated carbocycles. The number of rotatable bonds is 9. The third-order valence-electron chi connectivity index (χ3n) is 9.42. The fourth-order valence-corrected chi connectivity index (χ4v) is 6.78. The topological polar surface area (TPSA) is 138 Å². The lowest BCUT2D eigenvalue weighted by Crippen LogP contribution is -2.52. The van der Waals surface area contributed by atoms with Crippen molar-refractivity contribution >= 4 is 34.0 Å². The van der Waals surface area contributed by atoms with Crippen LogP contribution in [0.3, 0.4) is 0 Å². The van der Waals surface area contributed by atoms with Gasteiger partial charge in [0, 0.05) is 36.8 Å². The number of nitrogens with one attached hydrogen (secondary N) is 1. The van der Waals surface area contributed by atoms with Crippen molar-refractivity contribution in [2.45, 2.75) is 102 Å². The number of ether oxygens (including phenoxy) is 1. The highest BCUT2D eigenvalue weighted by Crippen LogP contribution is 2.39. The summed E-state index contributed by atoms with van der Waals surface area (Å²) < 4.78 is 8.08. The van der Waals surface area contributed by atoms with E-state index in [0.717, 1.165) is 48.1 Å². The number of nitrogens with two attached hydrogens (primary N) is 1. The summed E-state index contributed by atoms with van der Waals surface area (Å²) in [7, 11) is 0. The Hall–Kier alpha value is -3.31. The molecule has 4 heterocycles. The number of aryl methyl sites for hydroxylation is 1. The summed E-state index contributed by atoms with van der Waals surface area (Å²) in [5, 5.41) is 22.8. The molecule has 10 heteroatoms. The number of nitrogens with zero attached hydrogens (tertiary/aromatic N) is 5. The SMILES string of the molecule is C=Cc1cn([C@@H]2O[C@H](CN(C(C)C)[C@H]3C[C@H](CCc4nc5cc(C(C)(C)C)ccc5[nH]4)C3)[C@@H](O)[C@H]2O)c2ncnc(N)c12. The first-order valence-electron chi connectivity index (χ1n) is 15.4. The van der Waals surface area contributed by atoms with Gasteiger partial charge < -0.3 is 30.2 Å². The number of nitrogen functional groups attached to an aromatic ring is 1. The first kappa shape index (κ1) is 29.7. The standard InChI is InChI=1S/C33H45N7O3/c1-7-20-15-40(31-27(20)30(34)35-17-36-31)32-29(42)28(41)25(43-32)16-39(18(2)3)22-12-19(13-22)8-11-26-37-23-10-9-21(33(4,5)6)14-24(23)38-26/h7,9-10,14-15,17-19,22,25,28-29,32,41-42H,1,8,11-13,16H2,2-6H3,(H,37,38)(H2,34,35,36)/t19-,22-,25-,28-,29-,32-/m1/s1. The second-order valence-electron chi connectivity index (χ2n) is 13.7. The average molecular weight is 588 g/mol. The summed E-state index contributed by atoms with van der Waals surface area (Å²) in [6.07, 6.45) is 5.62. The molecule has 1 aliphatic heterocycles. The van der Waals surface area contributed by atoms with Gasteiger partial charge in [-0.25, -0.2) is 15.0 Å². The highest BCUT2D eigenvalue weighted by molar-refractivity contribution is 5.94. The van der Waals surface area contributed by atoms with Crippen LogP contribution in [0.2, 0.25) is 0 Å². The molecule has 0 spiro atoms. The molecule has 2 aliphatic rings. The Morgan fingerprint density at radius 3 is 2.67 bits per heavy atom. The van der Waals surface area contributed by atoms with E-state index in [2.05, 4.69) is 79.2 Å². The second kappa shape index (κ2) is 11.3. The van der Waals surface area contributed by atoms with Gasteiger partial charge in [-0.15, -0.1) is 0 Å². The zero-order valence-corrected chi connectivity index (χ0v) is 25.9. The molecule has 3 aromatic heterocycles. The Kier molecular flexibility index (Phi) is 7.83. The smallest absolute Gasteiger partial charge is 0.164 e. The number of benzene rings is 1. The molecule has 4 atom stereocenters. The summed E-state index contributed by atoms with van der Waals surface area (Å²) in [6.45, 7) is 15.4. The lowest BCUT2D eigenvalue weighted by Gasteiger charge is -2.46. The van der Waals surface area contributed by atoms with Crippen LogP contribution in [0.15, 0.2) is 37.3 Å². The molecule has 2 fully saturated rings. The number of aromatic nitrogens is 5. The lowest BCUT2D eigenvalue weighted by molar-refractivity contribution is -0.0618. The largest absolute Gasteiger partial charge is 0.387 e. The van der Waals surface area contributed by atoms with Crippen LogP contribution in [0.25, 0.3) is 28.1 Å². The van der Waals surface area contributed by atoms with Crippen LogP contribution in [-0.2, 0) is 16.6 Å². The number of anilines is 1. The number of hydrogen-bond acceptors (Lipinski definition) is 8. The Balaban J connectivity index is 1.08. The molecule has 0 bridgehead atoms. The van der Waals surface area contributed by atoms with Crippen molar-refractivity contribution in [1.29, 1.82) is 0 Å². The second-order valence-corrected chi connectivity index (χ2v) is 13.7. The Morgan fingerprint density at radius 2 is 1.98 bits per heavy atom. The van der Waals surface area contributed by atoms with Gasteiger partial charge in [-0.2, -0.15) is 0 Å². The molecule has 0 radical (unpaired) electrons. The van der Waals surface area contributed by atoms with Gasteiger partial charge in [0.05, 0.1) is 16.4 Å². The molecular formula is C33H45N7O3. The van der Waals surface area contributed by atoms with Gasteiger partial charge >= 0.3 is 0 Å². The number of aromatic amines is 1. The van der Waals surface area contributed by atoms with Crippen LogP contribution in [0.1, 0.15) is 77.1 Å². The molecule has 5 N–H and O–H groups in total. The maximum absolute atomic E-state index is 11.1. The number of aliphatic hydroxyl groups excluding tert-OH is 2. The van der Waals surface area contributed by atoms with Crippen molar-refractivity contribution < 1.29 is 14.9 Å². The van der Waals surface area contributed by atoms with E-state index in [-0.39, 0.29) is 11.5 Å². The predicted octanol–water partition coefficient (Wildman–Crippen LogP) is 4.57. The molecule has 43 heavy (non-hydrogen) atoms.